The van der Waals surface area contributed by atoms with E-state index in [1.54, 1.807) is 0 Å². The number of rotatable bonds is 6. The van der Waals surface area contributed by atoms with Gasteiger partial charge in [0.2, 0.25) is 0 Å². The number of hydrogen-bond acceptors (Lipinski definition) is 1. The molecule has 0 aliphatic carbocycles. The summed E-state index contributed by atoms with van der Waals surface area (Å²) in [6.45, 7) is 9.16. The van der Waals surface area contributed by atoms with Crippen LogP contribution in [0.5, 0.6) is 0 Å². The van der Waals surface area contributed by atoms with Gasteiger partial charge in [0.15, 0.2) is 0 Å². The summed E-state index contributed by atoms with van der Waals surface area (Å²) in [4.78, 5) is 0. The van der Waals surface area contributed by atoms with Crippen LogP contribution >= 0.6 is 15.9 Å². The van der Waals surface area contributed by atoms with Crippen molar-refractivity contribution < 1.29 is 0 Å². The largest absolute Gasteiger partial charge is 0.310 e. The highest BCUT2D eigenvalue weighted by molar-refractivity contribution is 9.10. The fraction of sp³-hybridized carbons (Fsp3) is 0.429. The van der Waals surface area contributed by atoms with E-state index in [0.717, 1.165) is 19.4 Å². The third-order valence-corrected chi connectivity index (χ3v) is 3.50. The molecule has 1 rings (SSSR count). The van der Waals surface area contributed by atoms with E-state index in [0.29, 0.717) is 6.04 Å². The summed E-state index contributed by atoms with van der Waals surface area (Å²) in [6.07, 6.45) is 4.09. The van der Waals surface area contributed by atoms with Gasteiger partial charge in [-0.25, -0.2) is 0 Å². The fourth-order valence-electron chi connectivity index (χ4n) is 1.65. The topological polar surface area (TPSA) is 12.0 Å². The molecule has 1 aromatic carbocycles. The van der Waals surface area contributed by atoms with Gasteiger partial charge < -0.3 is 5.32 Å². The molecule has 0 aliphatic rings. The van der Waals surface area contributed by atoms with Crippen molar-refractivity contribution in [1.29, 1.82) is 0 Å². The van der Waals surface area contributed by atoms with Gasteiger partial charge in [0, 0.05) is 10.5 Å². The van der Waals surface area contributed by atoms with E-state index in [1.807, 2.05) is 6.08 Å². The van der Waals surface area contributed by atoms with Gasteiger partial charge in [-0.1, -0.05) is 41.1 Å². The van der Waals surface area contributed by atoms with Crippen LogP contribution in [-0.4, -0.2) is 6.54 Å². The van der Waals surface area contributed by atoms with E-state index < -0.39 is 0 Å². The van der Waals surface area contributed by atoms with Crippen molar-refractivity contribution in [3.63, 3.8) is 0 Å². The molecule has 0 heterocycles. The third-order valence-electron chi connectivity index (χ3n) is 2.64. The lowest BCUT2D eigenvalue weighted by Gasteiger charge is -2.18. The molecule has 16 heavy (non-hydrogen) atoms. The highest BCUT2D eigenvalue weighted by atomic mass is 79.9. The van der Waals surface area contributed by atoms with Gasteiger partial charge in [-0.05, 0) is 43.5 Å². The summed E-state index contributed by atoms with van der Waals surface area (Å²) in [5.74, 6) is 0. The molecule has 0 saturated heterocycles. The summed E-state index contributed by atoms with van der Waals surface area (Å²) in [5, 5.41) is 3.54. The predicted molar refractivity (Wildman–Crippen MR) is 74.7 cm³/mol. The highest BCUT2D eigenvalue weighted by Crippen LogP contribution is 2.23. The highest BCUT2D eigenvalue weighted by Gasteiger charge is 2.09. The second-order valence-corrected chi connectivity index (χ2v) is 4.89. The van der Waals surface area contributed by atoms with E-state index >= 15 is 0 Å². The van der Waals surface area contributed by atoms with Crippen molar-refractivity contribution in [2.24, 2.45) is 0 Å². The van der Waals surface area contributed by atoms with E-state index in [2.05, 4.69) is 59.9 Å². The van der Waals surface area contributed by atoms with Crippen LogP contribution in [0.15, 0.2) is 35.3 Å². The van der Waals surface area contributed by atoms with Crippen LogP contribution in [0.2, 0.25) is 0 Å². The lowest BCUT2D eigenvalue weighted by molar-refractivity contribution is 0.537. The van der Waals surface area contributed by atoms with Crippen molar-refractivity contribution in [1.82, 2.24) is 5.32 Å². The van der Waals surface area contributed by atoms with Crippen molar-refractivity contribution in [2.45, 2.75) is 32.7 Å². The normalized spacial score (nSPS) is 12.4. The van der Waals surface area contributed by atoms with Gasteiger partial charge in [-0.2, -0.15) is 0 Å². The first-order chi connectivity index (χ1) is 7.69. The molecule has 0 amide bonds. The minimum absolute atomic E-state index is 0.384. The molecule has 0 radical (unpaired) electrons. The Morgan fingerprint density at radius 1 is 1.50 bits per heavy atom. The van der Waals surface area contributed by atoms with Gasteiger partial charge in [0.1, 0.15) is 0 Å². The van der Waals surface area contributed by atoms with Crippen LogP contribution in [0, 0.1) is 6.92 Å². The lowest BCUT2D eigenvalue weighted by atomic mass is 10.0. The van der Waals surface area contributed by atoms with Crippen LogP contribution in [-0.2, 0) is 0 Å². The van der Waals surface area contributed by atoms with Crippen molar-refractivity contribution in [2.75, 3.05) is 6.54 Å². The van der Waals surface area contributed by atoms with Crippen molar-refractivity contribution in [3.05, 3.63) is 46.5 Å². The van der Waals surface area contributed by atoms with Crippen molar-refractivity contribution >= 4 is 15.9 Å². The van der Waals surface area contributed by atoms with Crippen LogP contribution < -0.4 is 5.32 Å². The second-order valence-electron chi connectivity index (χ2n) is 4.04. The number of halogens is 1. The van der Waals surface area contributed by atoms with Crippen LogP contribution in [0.25, 0.3) is 0 Å². The first-order valence-electron chi connectivity index (χ1n) is 5.79. The number of benzene rings is 1. The molecule has 0 saturated carbocycles. The summed E-state index contributed by atoms with van der Waals surface area (Å²) in [5.41, 5.74) is 2.60. The quantitative estimate of drug-likeness (QED) is 0.764. The minimum Gasteiger partial charge on any atom is -0.310 e. The molecule has 1 aromatic rings. The molecule has 0 spiro atoms. The molecule has 1 unspecified atom stereocenters. The van der Waals surface area contributed by atoms with Crippen LogP contribution in [0.1, 0.15) is 36.9 Å². The molecule has 0 aliphatic heterocycles. The zero-order chi connectivity index (χ0) is 12.0. The molecule has 0 aromatic heterocycles. The monoisotopic (exact) mass is 281 g/mol. The molecular formula is C14H20BrN. The molecule has 1 atom stereocenters. The molecule has 1 nitrogen and oxygen atoms in total. The molecule has 2 heteroatoms. The summed E-state index contributed by atoms with van der Waals surface area (Å²) in [7, 11) is 0. The van der Waals surface area contributed by atoms with Gasteiger partial charge in [0.05, 0.1) is 0 Å². The first kappa shape index (κ1) is 13.5. The number of aryl methyl sites for hydroxylation is 1. The maximum Gasteiger partial charge on any atom is 0.0355 e. The summed E-state index contributed by atoms with van der Waals surface area (Å²) in [6, 6.07) is 6.93. The summed E-state index contributed by atoms with van der Waals surface area (Å²) < 4.78 is 1.18. The Morgan fingerprint density at radius 2 is 2.25 bits per heavy atom. The zero-order valence-electron chi connectivity index (χ0n) is 10.1. The molecular weight excluding hydrogens is 262 g/mol. The Hall–Kier alpha value is -0.600. The number of nitrogens with one attached hydrogen (secondary N) is 1. The number of hydrogen-bond donors (Lipinski definition) is 1. The third kappa shape index (κ3) is 3.76. The minimum atomic E-state index is 0.384. The van der Waals surface area contributed by atoms with Gasteiger partial charge in [-0.3, -0.25) is 0 Å². The lowest BCUT2D eigenvalue weighted by Crippen LogP contribution is -2.21. The SMILES string of the molecule is C=CCC(NCCC)c1ccc(C)c(Br)c1. The smallest absolute Gasteiger partial charge is 0.0355 e. The Labute approximate surface area is 107 Å². The Morgan fingerprint density at radius 3 is 2.81 bits per heavy atom. The Bertz CT molecular complexity index is 347. The van der Waals surface area contributed by atoms with Gasteiger partial charge >= 0.3 is 0 Å². The average molecular weight is 282 g/mol. The summed E-state index contributed by atoms with van der Waals surface area (Å²) >= 11 is 3.58. The first-order valence-corrected chi connectivity index (χ1v) is 6.58. The fourth-order valence-corrected chi connectivity index (χ4v) is 2.04. The van der Waals surface area contributed by atoms with Crippen molar-refractivity contribution in [3.8, 4) is 0 Å². The molecule has 1 N–H and O–H groups in total. The predicted octanol–water partition coefficient (Wildman–Crippen LogP) is 4.37. The molecule has 88 valence electrons. The average Bonchev–Trinajstić information content (AvgIpc) is 2.28. The molecule has 0 fully saturated rings. The Kier molecular flexibility index (Phi) is 5.78. The zero-order valence-corrected chi connectivity index (χ0v) is 11.7. The van der Waals surface area contributed by atoms with Gasteiger partial charge in [0.25, 0.3) is 0 Å². The van der Waals surface area contributed by atoms with E-state index in [9.17, 15) is 0 Å². The maximum absolute atomic E-state index is 3.82. The van der Waals surface area contributed by atoms with Gasteiger partial charge in [-0.15, -0.1) is 6.58 Å². The van der Waals surface area contributed by atoms with E-state index in [1.165, 1.54) is 15.6 Å². The van der Waals surface area contributed by atoms with E-state index in [-0.39, 0.29) is 0 Å². The van der Waals surface area contributed by atoms with Crippen LogP contribution in [0.3, 0.4) is 0 Å². The van der Waals surface area contributed by atoms with Crippen LogP contribution in [0.4, 0.5) is 0 Å². The van der Waals surface area contributed by atoms with E-state index in [4.69, 9.17) is 0 Å². The standard InChI is InChI=1S/C14H20BrN/c1-4-6-14(16-9-5-2)12-8-7-11(3)13(15)10-12/h4,7-8,10,14,16H,1,5-6,9H2,2-3H3. The molecule has 0 bridgehead atoms. The Balaban J connectivity index is 2.82. The maximum atomic E-state index is 3.82. The second kappa shape index (κ2) is 6.87.